The van der Waals surface area contributed by atoms with Gasteiger partial charge in [0.25, 0.3) is 0 Å². The number of carbonyl (C=O) groups excluding carboxylic acids is 3. The summed E-state index contributed by atoms with van der Waals surface area (Å²) in [6, 6.07) is 0. The van der Waals surface area contributed by atoms with E-state index in [9.17, 15) is 28.4 Å². The second-order valence-electron chi connectivity index (χ2n) is 7.47. The molecule has 0 spiro atoms. The second-order valence-corrected chi connectivity index (χ2v) is 8.28. The summed E-state index contributed by atoms with van der Waals surface area (Å²) in [6.07, 6.45) is 0.270. The van der Waals surface area contributed by atoms with Gasteiger partial charge in [-0.15, -0.1) is 0 Å². The third kappa shape index (κ3) is 3.75. The molecule has 5 unspecified atom stereocenters. The van der Waals surface area contributed by atoms with Gasteiger partial charge in [0.15, 0.2) is 0 Å². The normalized spacial score (nSPS) is 31.7. The highest BCUT2D eigenvalue weighted by Gasteiger charge is 2.63. The molecular formula is C15H17F2O9S-. The van der Waals surface area contributed by atoms with Crippen molar-refractivity contribution in [1.29, 1.82) is 0 Å². The molecule has 5 atom stereocenters. The zero-order chi connectivity index (χ0) is 20.0. The lowest BCUT2D eigenvalue weighted by Crippen LogP contribution is -2.42. The Morgan fingerprint density at radius 2 is 2.00 bits per heavy atom. The highest BCUT2D eigenvalue weighted by Crippen LogP contribution is 2.55. The Balaban J connectivity index is 1.54. The van der Waals surface area contributed by atoms with Crippen molar-refractivity contribution in [3.05, 3.63) is 0 Å². The largest absolute Gasteiger partial charge is 0.691 e. The van der Waals surface area contributed by atoms with Crippen LogP contribution in [0.1, 0.15) is 26.7 Å². The molecule has 3 rings (SSSR count). The van der Waals surface area contributed by atoms with E-state index in [1.54, 1.807) is 0 Å². The molecule has 12 heteroatoms. The molecule has 2 saturated carbocycles. The number of fused-ring (bicyclic) bond motifs is 1. The third-order valence-electron chi connectivity index (χ3n) is 5.18. The first-order valence-electron chi connectivity index (χ1n) is 8.18. The van der Waals surface area contributed by atoms with Crippen LogP contribution in [0.2, 0.25) is 0 Å². The second kappa shape index (κ2) is 7.15. The van der Waals surface area contributed by atoms with E-state index in [2.05, 4.69) is 14.1 Å². The summed E-state index contributed by atoms with van der Waals surface area (Å²) in [5, 5.41) is 8.14. The van der Waals surface area contributed by atoms with Crippen LogP contribution in [0.3, 0.4) is 0 Å². The molecule has 27 heavy (non-hydrogen) atoms. The van der Waals surface area contributed by atoms with Crippen molar-refractivity contribution in [3.63, 3.8) is 0 Å². The van der Waals surface area contributed by atoms with Crippen molar-refractivity contribution in [2.75, 3.05) is 6.61 Å². The van der Waals surface area contributed by atoms with E-state index in [1.165, 1.54) is 13.8 Å². The van der Waals surface area contributed by atoms with Crippen LogP contribution >= 0.6 is 12.0 Å². The average Bonchev–Trinajstić information content (AvgIpc) is 3.22. The molecule has 0 radical (unpaired) electrons. The fourth-order valence-electron chi connectivity index (χ4n) is 3.83. The van der Waals surface area contributed by atoms with E-state index in [0.717, 1.165) is 6.42 Å². The summed E-state index contributed by atoms with van der Waals surface area (Å²) >= 11 is -0.819. The van der Waals surface area contributed by atoms with E-state index >= 15 is 0 Å². The SMILES string of the molecule is CC(C)(COC(=O)C(F)(F)SOO[O-])C(=O)OC1C2CC3C(=O)OC1C3C2. The fraction of sp³-hybridized carbons (Fsp3) is 0.800. The molecule has 2 aliphatic carbocycles. The van der Waals surface area contributed by atoms with E-state index in [1.807, 2.05) is 0 Å². The standard InChI is InChI=1S/C15H18F2O9S/c1-14(2,5-22-13(20)15(16,17)27-26-25-21)12(19)24-9-6-3-7-8(4-6)11(18)23-10(7)9/h6-10,21H,3-5H2,1-2H3/p-1. The van der Waals surface area contributed by atoms with Gasteiger partial charge in [-0.05, 0) is 26.7 Å². The monoisotopic (exact) mass is 411 g/mol. The third-order valence-corrected chi connectivity index (χ3v) is 5.68. The summed E-state index contributed by atoms with van der Waals surface area (Å²) in [7, 11) is 0. The molecule has 1 heterocycles. The van der Waals surface area contributed by atoms with E-state index in [4.69, 9.17) is 9.47 Å². The lowest BCUT2D eigenvalue weighted by Gasteiger charge is -2.30. The van der Waals surface area contributed by atoms with Crippen LogP contribution < -0.4 is 5.26 Å². The van der Waals surface area contributed by atoms with Crippen LogP contribution in [-0.2, 0) is 38.0 Å². The Hall–Kier alpha value is -1.50. The molecule has 9 nitrogen and oxygen atoms in total. The number of hydrogen-bond donors (Lipinski definition) is 0. The van der Waals surface area contributed by atoms with Gasteiger partial charge in [0.1, 0.15) is 30.9 Å². The zero-order valence-electron chi connectivity index (χ0n) is 14.3. The zero-order valence-corrected chi connectivity index (χ0v) is 15.2. The van der Waals surface area contributed by atoms with Gasteiger partial charge in [0.05, 0.1) is 11.3 Å². The van der Waals surface area contributed by atoms with Crippen LogP contribution in [0.25, 0.3) is 0 Å². The van der Waals surface area contributed by atoms with E-state index in [0.29, 0.717) is 6.42 Å². The van der Waals surface area contributed by atoms with Gasteiger partial charge >= 0.3 is 23.2 Å². The van der Waals surface area contributed by atoms with Crippen molar-refractivity contribution in [3.8, 4) is 0 Å². The van der Waals surface area contributed by atoms with Crippen LogP contribution in [0.15, 0.2) is 0 Å². The fourth-order valence-corrected chi connectivity index (χ4v) is 4.07. The Morgan fingerprint density at radius 1 is 1.30 bits per heavy atom. The highest BCUT2D eigenvalue weighted by atomic mass is 32.2. The van der Waals surface area contributed by atoms with Gasteiger partial charge in [-0.3, -0.25) is 14.6 Å². The first-order chi connectivity index (χ1) is 12.6. The molecule has 0 amide bonds. The lowest BCUT2D eigenvalue weighted by molar-refractivity contribution is -0.777. The van der Waals surface area contributed by atoms with Gasteiger partial charge in [-0.1, -0.05) is 0 Å². The summed E-state index contributed by atoms with van der Waals surface area (Å²) < 4.78 is 45.3. The number of alkyl halides is 2. The molecule has 0 aromatic carbocycles. The van der Waals surface area contributed by atoms with Crippen LogP contribution in [0.4, 0.5) is 8.78 Å². The van der Waals surface area contributed by atoms with Crippen LogP contribution in [-0.4, -0.2) is 42.0 Å². The van der Waals surface area contributed by atoms with Gasteiger partial charge in [-0.2, -0.15) is 13.1 Å². The Kier molecular flexibility index (Phi) is 5.36. The van der Waals surface area contributed by atoms with Gasteiger partial charge in [0, 0.05) is 11.8 Å². The van der Waals surface area contributed by atoms with Crippen molar-refractivity contribution in [2.24, 2.45) is 23.2 Å². The minimum absolute atomic E-state index is 0.0173. The summed E-state index contributed by atoms with van der Waals surface area (Å²) in [5.41, 5.74) is -1.42. The van der Waals surface area contributed by atoms with E-state index < -0.39 is 53.5 Å². The Morgan fingerprint density at radius 3 is 2.67 bits per heavy atom. The predicted molar refractivity (Wildman–Crippen MR) is 78.9 cm³/mol. The van der Waals surface area contributed by atoms with Gasteiger partial charge in [-0.25, -0.2) is 4.79 Å². The first kappa shape index (κ1) is 20.2. The number of esters is 3. The number of ether oxygens (including phenoxy) is 3. The quantitative estimate of drug-likeness (QED) is 0.184. The predicted octanol–water partition coefficient (Wildman–Crippen LogP) is 0.513. The summed E-state index contributed by atoms with van der Waals surface area (Å²) in [5.74, 6) is -3.11. The van der Waals surface area contributed by atoms with E-state index in [-0.39, 0.29) is 23.7 Å². The van der Waals surface area contributed by atoms with Crippen molar-refractivity contribution in [2.45, 2.75) is 44.2 Å². The van der Waals surface area contributed by atoms with Crippen molar-refractivity contribution in [1.82, 2.24) is 0 Å². The molecular weight excluding hydrogens is 394 g/mol. The molecule has 0 N–H and O–H groups in total. The molecule has 1 aliphatic heterocycles. The van der Waals surface area contributed by atoms with Gasteiger partial charge < -0.3 is 19.5 Å². The minimum atomic E-state index is -4.19. The maximum atomic E-state index is 13.3. The molecule has 1 saturated heterocycles. The van der Waals surface area contributed by atoms with Crippen LogP contribution in [0, 0.1) is 23.2 Å². The lowest BCUT2D eigenvalue weighted by atomic mass is 9.87. The van der Waals surface area contributed by atoms with Gasteiger partial charge in [0.2, 0.25) is 0 Å². The van der Waals surface area contributed by atoms with Crippen molar-refractivity contribution < 1.29 is 52.0 Å². The highest BCUT2D eigenvalue weighted by molar-refractivity contribution is 7.96. The number of halogens is 2. The topological polar surface area (TPSA) is 120 Å². The molecule has 3 fully saturated rings. The average molecular weight is 411 g/mol. The maximum Gasteiger partial charge on any atom is 0.415 e. The number of rotatable bonds is 8. The number of carbonyl (C=O) groups is 3. The smallest absolute Gasteiger partial charge is 0.415 e. The molecule has 0 aromatic heterocycles. The Labute approximate surface area is 156 Å². The summed E-state index contributed by atoms with van der Waals surface area (Å²) in [6.45, 7) is 2.04. The molecule has 152 valence electrons. The number of hydrogen-bond acceptors (Lipinski definition) is 10. The van der Waals surface area contributed by atoms with Crippen molar-refractivity contribution >= 4 is 30.0 Å². The molecule has 0 aromatic rings. The maximum absolute atomic E-state index is 13.3. The minimum Gasteiger partial charge on any atom is -0.691 e. The molecule has 2 bridgehead atoms. The first-order valence-corrected chi connectivity index (χ1v) is 8.92. The Bertz CT molecular complexity index is 641. The van der Waals surface area contributed by atoms with Crippen LogP contribution in [0.5, 0.6) is 0 Å². The molecule has 3 aliphatic rings. The summed E-state index contributed by atoms with van der Waals surface area (Å²) in [4.78, 5) is 35.6.